The van der Waals surface area contributed by atoms with Crippen molar-refractivity contribution >= 4 is 33.2 Å². The Morgan fingerprint density at radius 1 is 1.11 bits per heavy atom. The van der Waals surface area contributed by atoms with Crippen LogP contribution in [0.4, 0.5) is 11.4 Å². The van der Waals surface area contributed by atoms with E-state index in [2.05, 4.69) is 26.6 Å². The summed E-state index contributed by atoms with van der Waals surface area (Å²) in [6.07, 6.45) is 0. The second-order valence-electron chi connectivity index (χ2n) is 4.20. The van der Waals surface area contributed by atoms with Crippen LogP contribution < -0.4 is 10.6 Å². The summed E-state index contributed by atoms with van der Waals surface area (Å²) in [5.74, 6) is -0.0698. The Bertz CT molecular complexity index is 570. The van der Waals surface area contributed by atoms with Crippen LogP contribution in [0.2, 0.25) is 0 Å². The smallest absolute Gasteiger partial charge is 0.243 e. The van der Waals surface area contributed by atoms with Crippen LogP contribution in [0.1, 0.15) is 5.56 Å². The Morgan fingerprint density at radius 2 is 1.84 bits per heavy atom. The maximum atomic E-state index is 11.8. The largest absolute Gasteiger partial charge is 0.375 e. The number of benzene rings is 2. The summed E-state index contributed by atoms with van der Waals surface area (Å²) in [7, 11) is 0. The van der Waals surface area contributed by atoms with Gasteiger partial charge in [-0.25, -0.2) is 0 Å². The van der Waals surface area contributed by atoms with Crippen LogP contribution in [-0.2, 0) is 4.79 Å². The first-order valence-electron chi connectivity index (χ1n) is 6.00. The fourth-order valence-electron chi connectivity index (χ4n) is 1.69. The zero-order valence-corrected chi connectivity index (χ0v) is 12.2. The predicted octanol–water partition coefficient (Wildman–Crippen LogP) is 3.81. The lowest BCUT2D eigenvalue weighted by Crippen LogP contribution is -2.21. The topological polar surface area (TPSA) is 41.1 Å². The molecule has 0 aromatic heterocycles. The number of rotatable bonds is 4. The Kier molecular flexibility index (Phi) is 4.58. The van der Waals surface area contributed by atoms with Crippen LogP contribution in [0, 0.1) is 6.92 Å². The van der Waals surface area contributed by atoms with Gasteiger partial charge in [0.1, 0.15) is 0 Å². The predicted molar refractivity (Wildman–Crippen MR) is 82.4 cm³/mol. The van der Waals surface area contributed by atoms with Gasteiger partial charge in [-0.05, 0) is 46.6 Å². The van der Waals surface area contributed by atoms with Gasteiger partial charge in [-0.3, -0.25) is 4.79 Å². The molecule has 3 nitrogen and oxygen atoms in total. The summed E-state index contributed by atoms with van der Waals surface area (Å²) in [5.41, 5.74) is 2.86. The number of carbonyl (C=O) groups is 1. The third-order valence-corrected chi connectivity index (χ3v) is 3.74. The highest BCUT2D eigenvalue weighted by Crippen LogP contribution is 2.25. The summed E-state index contributed by atoms with van der Waals surface area (Å²) in [6, 6.07) is 15.3. The number of anilines is 2. The van der Waals surface area contributed by atoms with Crippen LogP contribution in [-0.4, -0.2) is 12.5 Å². The number of halogens is 1. The van der Waals surface area contributed by atoms with Crippen molar-refractivity contribution in [3.63, 3.8) is 0 Å². The molecular weight excluding hydrogens is 304 g/mol. The monoisotopic (exact) mass is 318 g/mol. The molecule has 2 rings (SSSR count). The van der Waals surface area contributed by atoms with Crippen molar-refractivity contribution in [2.24, 2.45) is 0 Å². The zero-order valence-electron chi connectivity index (χ0n) is 10.6. The van der Waals surface area contributed by atoms with Crippen LogP contribution in [0.5, 0.6) is 0 Å². The van der Waals surface area contributed by atoms with Crippen molar-refractivity contribution in [3.8, 4) is 0 Å². The van der Waals surface area contributed by atoms with Crippen molar-refractivity contribution in [1.29, 1.82) is 0 Å². The molecule has 4 heteroatoms. The van der Waals surface area contributed by atoms with E-state index in [0.717, 1.165) is 21.4 Å². The highest BCUT2D eigenvalue weighted by molar-refractivity contribution is 9.10. The van der Waals surface area contributed by atoms with E-state index in [0.29, 0.717) is 0 Å². The lowest BCUT2D eigenvalue weighted by molar-refractivity contribution is -0.114. The minimum Gasteiger partial charge on any atom is -0.375 e. The maximum Gasteiger partial charge on any atom is 0.243 e. The average molecular weight is 319 g/mol. The van der Waals surface area contributed by atoms with E-state index >= 15 is 0 Å². The van der Waals surface area contributed by atoms with E-state index in [1.165, 1.54) is 0 Å². The first-order chi connectivity index (χ1) is 9.16. The van der Waals surface area contributed by atoms with Gasteiger partial charge in [0.15, 0.2) is 0 Å². The number of aryl methyl sites for hydroxylation is 1. The fourth-order valence-corrected chi connectivity index (χ4v) is 2.09. The second kappa shape index (κ2) is 6.38. The fraction of sp³-hybridized carbons (Fsp3) is 0.133. The van der Waals surface area contributed by atoms with Gasteiger partial charge >= 0.3 is 0 Å². The Balaban J connectivity index is 1.92. The van der Waals surface area contributed by atoms with Crippen molar-refractivity contribution in [2.75, 3.05) is 17.2 Å². The molecule has 0 heterocycles. The van der Waals surface area contributed by atoms with Gasteiger partial charge in [0.25, 0.3) is 0 Å². The molecule has 0 aliphatic rings. The molecular formula is C15H15BrN2O. The van der Waals surface area contributed by atoms with Crippen LogP contribution >= 0.6 is 15.9 Å². The maximum absolute atomic E-state index is 11.8. The molecule has 0 bridgehead atoms. The number of nitrogens with one attached hydrogen (secondary N) is 2. The third-order valence-electron chi connectivity index (χ3n) is 2.69. The number of carbonyl (C=O) groups excluding carboxylic acids is 1. The standard InChI is InChI=1S/C15H15BrN2O/c1-11-6-5-9-13(15(11)16)17-10-14(19)18-12-7-3-2-4-8-12/h2-9,17H,10H2,1H3,(H,18,19). The molecule has 2 aromatic rings. The lowest BCUT2D eigenvalue weighted by atomic mass is 10.2. The summed E-state index contributed by atoms with van der Waals surface area (Å²) < 4.78 is 0.988. The molecule has 1 amide bonds. The van der Waals surface area contributed by atoms with E-state index in [9.17, 15) is 4.79 Å². The highest BCUT2D eigenvalue weighted by Gasteiger charge is 2.05. The zero-order chi connectivity index (χ0) is 13.7. The molecule has 0 spiro atoms. The van der Waals surface area contributed by atoms with E-state index in [4.69, 9.17) is 0 Å². The van der Waals surface area contributed by atoms with Gasteiger partial charge in [0.05, 0.1) is 6.54 Å². The quantitative estimate of drug-likeness (QED) is 0.900. The number of para-hydroxylation sites is 1. The first-order valence-corrected chi connectivity index (χ1v) is 6.80. The van der Waals surface area contributed by atoms with E-state index in [-0.39, 0.29) is 12.5 Å². The van der Waals surface area contributed by atoms with Gasteiger partial charge in [0.2, 0.25) is 5.91 Å². The Labute approximate surface area is 121 Å². The normalized spacial score (nSPS) is 10.0. The Morgan fingerprint density at radius 3 is 2.58 bits per heavy atom. The summed E-state index contributed by atoms with van der Waals surface area (Å²) in [6.45, 7) is 2.25. The average Bonchev–Trinajstić information content (AvgIpc) is 2.42. The summed E-state index contributed by atoms with van der Waals surface area (Å²) >= 11 is 3.50. The van der Waals surface area contributed by atoms with E-state index in [1.807, 2.05) is 55.5 Å². The van der Waals surface area contributed by atoms with Crippen molar-refractivity contribution < 1.29 is 4.79 Å². The molecule has 0 unspecified atom stereocenters. The van der Waals surface area contributed by atoms with Crippen molar-refractivity contribution in [1.82, 2.24) is 0 Å². The molecule has 0 saturated carbocycles. The first kappa shape index (κ1) is 13.6. The number of amides is 1. The van der Waals surface area contributed by atoms with E-state index < -0.39 is 0 Å². The molecule has 0 radical (unpaired) electrons. The Hall–Kier alpha value is -1.81. The minimum absolute atomic E-state index is 0.0698. The van der Waals surface area contributed by atoms with Gasteiger partial charge in [-0.15, -0.1) is 0 Å². The van der Waals surface area contributed by atoms with Gasteiger partial charge in [-0.1, -0.05) is 30.3 Å². The van der Waals surface area contributed by atoms with Gasteiger partial charge in [0, 0.05) is 15.8 Å². The van der Waals surface area contributed by atoms with E-state index in [1.54, 1.807) is 0 Å². The van der Waals surface area contributed by atoms with Crippen LogP contribution in [0.15, 0.2) is 53.0 Å². The molecule has 0 saturated heterocycles. The van der Waals surface area contributed by atoms with Crippen LogP contribution in [0.3, 0.4) is 0 Å². The molecule has 2 aromatic carbocycles. The van der Waals surface area contributed by atoms with Crippen LogP contribution in [0.25, 0.3) is 0 Å². The van der Waals surface area contributed by atoms with Gasteiger partial charge < -0.3 is 10.6 Å². The molecule has 0 aliphatic heterocycles. The molecule has 98 valence electrons. The lowest BCUT2D eigenvalue weighted by Gasteiger charge is -2.10. The minimum atomic E-state index is -0.0698. The van der Waals surface area contributed by atoms with Gasteiger partial charge in [-0.2, -0.15) is 0 Å². The molecule has 0 fully saturated rings. The van der Waals surface area contributed by atoms with Crippen molar-refractivity contribution in [2.45, 2.75) is 6.92 Å². The third kappa shape index (κ3) is 3.83. The molecule has 19 heavy (non-hydrogen) atoms. The second-order valence-corrected chi connectivity index (χ2v) is 5.00. The number of hydrogen-bond donors (Lipinski definition) is 2. The molecule has 0 aliphatic carbocycles. The van der Waals surface area contributed by atoms with Crippen molar-refractivity contribution in [3.05, 3.63) is 58.6 Å². The molecule has 0 atom stereocenters. The number of hydrogen-bond acceptors (Lipinski definition) is 2. The SMILES string of the molecule is Cc1cccc(NCC(=O)Nc2ccccc2)c1Br. The highest BCUT2D eigenvalue weighted by atomic mass is 79.9. The molecule has 2 N–H and O–H groups in total. The summed E-state index contributed by atoms with van der Waals surface area (Å²) in [4.78, 5) is 11.8. The summed E-state index contributed by atoms with van der Waals surface area (Å²) in [5, 5.41) is 5.94.